The molecule has 2 rings (SSSR count). The highest BCUT2D eigenvalue weighted by atomic mass is 19.1. The number of pyridine rings is 1. The molecular formula is C21H31FN2. The second-order valence-corrected chi connectivity index (χ2v) is 6.59. The van der Waals surface area contributed by atoms with Gasteiger partial charge in [0, 0.05) is 6.20 Å². The van der Waals surface area contributed by atoms with Crippen LogP contribution in [-0.2, 0) is 0 Å². The molecule has 2 aromatic rings. The van der Waals surface area contributed by atoms with E-state index in [9.17, 15) is 4.39 Å². The molecule has 0 unspecified atom stereocenters. The van der Waals surface area contributed by atoms with Gasteiger partial charge in [-0.05, 0) is 56.2 Å². The quantitative estimate of drug-likeness (QED) is 0.468. The summed E-state index contributed by atoms with van der Waals surface area (Å²) in [4.78, 5) is 4.34. The molecule has 0 atom stereocenters. The van der Waals surface area contributed by atoms with Gasteiger partial charge in [0.2, 0.25) is 0 Å². The standard InChI is InChI=1S/C21H31FN2/c1-4-7-11-17(12-8-5-2)18(13-9-6-3)20-16-23-21-19(22)14-10-15-24(20)21/h10,14-16H,4-9,11-13H2,1-3H3. The Morgan fingerprint density at radius 3 is 2.25 bits per heavy atom. The van der Waals surface area contributed by atoms with Crippen molar-refractivity contribution in [2.45, 2.75) is 78.6 Å². The van der Waals surface area contributed by atoms with Crippen molar-refractivity contribution in [1.29, 1.82) is 0 Å². The highest BCUT2D eigenvalue weighted by molar-refractivity contribution is 5.68. The minimum Gasteiger partial charge on any atom is -0.298 e. The minimum atomic E-state index is -0.248. The Morgan fingerprint density at radius 1 is 1.00 bits per heavy atom. The fourth-order valence-corrected chi connectivity index (χ4v) is 3.25. The molecule has 0 bridgehead atoms. The molecular weight excluding hydrogens is 299 g/mol. The lowest BCUT2D eigenvalue weighted by atomic mass is 9.92. The molecule has 3 heteroatoms. The maximum Gasteiger partial charge on any atom is 0.173 e. The highest BCUT2D eigenvalue weighted by Crippen LogP contribution is 2.31. The molecule has 0 fully saturated rings. The number of halogens is 1. The van der Waals surface area contributed by atoms with Crippen LogP contribution < -0.4 is 0 Å². The van der Waals surface area contributed by atoms with Crippen molar-refractivity contribution in [2.75, 3.05) is 0 Å². The summed E-state index contributed by atoms with van der Waals surface area (Å²) in [7, 11) is 0. The van der Waals surface area contributed by atoms with Crippen LogP contribution in [0.15, 0.2) is 30.1 Å². The van der Waals surface area contributed by atoms with Gasteiger partial charge >= 0.3 is 0 Å². The van der Waals surface area contributed by atoms with Gasteiger partial charge in [-0.2, -0.15) is 0 Å². The zero-order valence-corrected chi connectivity index (χ0v) is 15.4. The number of hydrogen-bond donors (Lipinski definition) is 0. The second-order valence-electron chi connectivity index (χ2n) is 6.59. The van der Waals surface area contributed by atoms with Crippen LogP contribution in [0, 0.1) is 5.82 Å². The first-order valence-corrected chi connectivity index (χ1v) is 9.55. The normalized spacial score (nSPS) is 11.2. The maximum atomic E-state index is 14.0. The predicted molar refractivity (Wildman–Crippen MR) is 101 cm³/mol. The number of aromatic nitrogens is 2. The monoisotopic (exact) mass is 330 g/mol. The average molecular weight is 330 g/mol. The Morgan fingerprint density at radius 2 is 1.62 bits per heavy atom. The summed E-state index contributed by atoms with van der Waals surface area (Å²) in [5, 5.41) is 0. The van der Waals surface area contributed by atoms with E-state index in [1.165, 1.54) is 50.2 Å². The number of imidazole rings is 1. The Bertz CT molecular complexity index is 660. The van der Waals surface area contributed by atoms with Crippen molar-refractivity contribution >= 4 is 11.2 Å². The topological polar surface area (TPSA) is 17.3 Å². The smallest absolute Gasteiger partial charge is 0.173 e. The molecule has 2 nitrogen and oxygen atoms in total. The molecule has 0 aliphatic heterocycles. The number of rotatable bonds is 10. The van der Waals surface area contributed by atoms with Gasteiger partial charge < -0.3 is 0 Å². The third-order valence-corrected chi connectivity index (χ3v) is 4.67. The van der Waals surface area contributed by atoms with Crippen molar-refractivity contribution in [1.82, 2.24) is 9.38 Å². The van der Waals surface area contributed by atoms with Crippen LogP contribution in [0.4, 0.5) is 4.39 Å². The number of hydrogen-bond acceptors (Lipinski definition) is 1. The van der Waals surface area contributed by atoms with E-state index in [4.69, 9.17) is 0 Å². The molecule has 0 aromatic carbocycles. The van der Waals surface area contributed by atoms with Crippen LogP contribution >= 0.6 is 0 Å². The highest BCUT2D eigenvalue weighted by Gasteiger charge is 2.15. The molecule has 0 spiro atoms. The first-order chi connectivity index (χ1) is 11.7. The Hall–Kier alpha value is -1.64. The van der Waals surface area contributed by atoms with E-state index in [0.717, 1.165) is 25.0 Å². The summed E-state index contributed by atoms with van der Waals surface area (Å²) in [5.74, 6) is -0.248. The summed E-state index contributed by atoms with van der Waals surface area (Å²) >= 11 is 0. The predicted octanol–water partition coefficient (Wildman–Crippen LogP) is 6.80. The Labute approximate surface area is 145 Å². The first-order valence-electron chi connectivity index (χ1n) is 9.55. The van der Waals surface area contributed by atoms with Gasteiger partial charge in [-0.1, -0.05) is 45.6 Å². The molecule has 0 aliphatic rings. The van der Waals surface area contributed by atoms with Gasteiger partial charge in [0.15, 0.2) is 11.5 Å². The van der Waals surface area contributed by atoms with Gasteiger partial charge in [-0.25, -0.2) is 9.37 Å². The van der Waals surface area contributed by atoms with Gasteiger partial charge in [0.05, 0.1) is 11.9 Å². The van der Waals surface area contributed by atoms with E-state index >= 15 is 0 Å². The van der Waals surface area contributed by atoms with Crippen LogP contribution in [0.2, 0.25) is 0 Å². The third kappa shape index (κ3) is 4.46. The number of unbranched alkanes of at least 4 members (excludes halogenated alkanes) is 3. The van der Waals surface area contributed by atoms with Crippen molar-refractivity contribution in [3.05, 3.63) is 41.6 Å². The number of nitrogens with zero attached hydrogens (tertiary/aromatic N) is 2. The fraction of sp³-hybridized carbons (Fsp3) is 0.571. The fourth-order valence-electron chi connectivity index (χ4n) is 3.25. The van der Waals surface area contributed by atoms with E-state index in [1.807, 2.05) is 16.8 Å². The molecule has 132 valence electrons. The first kappa shape index (κ1) is 18.7. The van der Waals surface area contributed by atoms with Crippen LogP contribution in [0.5, 0.6) is 0 Å². The third-order valence-electron chi connectivity index (χ3n) is 4.67. The minimum absolute atomic E-state index is 0.248. The van der Waals surface area contributed by atoms with Crippen molar-refractivity contribution < 1.29 is 4.39 Å². The maximum absolute atomic E-state index is 14.0. The van der Waals surface area contributed by atoms with Crippen molar-refractivity contribution in [2.24, 2.45) is 0 Å². The molecule has 0 N–H and O–H groups in total. The lowest BCUT2D eigenvalue weighted by Gasteiger charge is -2.16. The van der Waals surface area contributed by atoms with Crippen molar-refractivity contribution in [3.63, 3.8) is 0 Å². The summed E-state index contributed by atoms with van der Waals surface area (Å²) in [6.45, 7) is 6.71. The Kier molecular flexibility index (Phi) is 7.48. The van der Waals surface area contributed by atoms with E-state index in [-0.39, 0.29) is 5.82 Å². The zero-order valence-electron chi connectivity index (χ0n) is 15.4. The van der Waals surface area contributed by atoms with Gasteiger partial charge in [-0.3, -0.25) is 4.40 Å². The van der Waals surface area contributed by atoms with Crippen molar-refractivity contribution in [3.8, 4) is 0 Å². The molecule has 0 radical (unpaired) electrons. The largest absolute Gasteiger partial charge is 0.298 e. The van der Waals surface area contributed by atoms with E-state index in [0.29, 0.717) is 5.65 Å². The van der Waals surface area contributed by atoms with Crippen LogP contribution in [0.1, 0.15) is 84.3 Å². The van der Waals surface area contributed by atoms with E-state index < -0.39 is 0 Å². The second kappa shape index (κ2) is 9.61. The summed E-state index contributed by atoms with van der Waals surface area (Å²) in [5.41, 5.74) is 4.47. The molecule has 0 amide bonds. The molecule has 0 saturated heterocycles. The van der Waals surface area contributed by atoms with Crippen LogP contribution in [-0.4, -0.2) is 9.38 Å². The number of allylic oxidation sites excluding steroid dienone is 2. The van der Waals surface area contributed by atoms with Crippen LogP contribution in [0.25, 0.3) is 11.2 Å². The molecule has 0 saturated carbocycles. The van der Waals surface area contributed by atoms with Gasteiger partial charge in [0.1, 0.15) is 0 Å². The van der Waals surface area contributed by atoms with Crippen LogP contribution in [0.3, 0.4) is 0 Å². The van der Waals surface area contributed by atoms with E-state index in [2.05, 4.69) is 25.8 Å². The lowest BCUT2D eigenvalue weighted by molar-refractivity contribution is 0.629. The summed E-state index contributed by atoms with van der Waals surface area (Å²) < 4.78 is 16.0. The SMILES string of the molecule is CCCCC(CCCC)=C(CCCC)c1cnc2c(F)cccn12. The molecule has 24 heavy (non-hydrogen) atoms. The molecule has 2 heterocycles. The molecule has 0 aliphatic carbocycles. The summed E-state index contributed by atoms with van der Waals surface area (Å²) in [6, 6.07) is 3.25. The zero-order chi connectivity index (χ0) is 17.4. The average Bonchev–Trinajstić information content (AvgIpc) is 3.02. The Balaban J connectivity index is 2.50. The van der Waals surface area contributed by atoms with Gasteiger partial charge in [-0.15, -0.1) is 0 Å². The van der Waals surface area contributed by atoms with E-state index in [1.54, 1.807) is 11.6 Å². The number of fused-ring (bicyclic) bond motifs is 1. The van der Waals surface area contributed by atoms with Gasteiger partial charge in [0.25, 0.3) is 0 Å². The lowest BCUT2D eigenvalue weighted by Crippen LogP contribution is -1.99. The molecule has 2 aromatic heterocycles. The summed E-state index contributed by atoms with van der Waals surface area (Å²) in [6.07, 6.45) is 14.4.